The van der Waals surface area contributed by atoms with Gasteiger partial charge in [-0.1, -0.05) is 0 Å². The number of hydrogen-bond donors (Lipinski definition) is 0. The molecule has 3 aromatic rings. The van der Waals surface area contributed by atoms with Gasteiger partial charge < -0.3 is 9.64 Å². The van der Waals surface area contributed by atoms with Crippen LogP contribution in [0.15, 0.2) is 48.9 Å². The Morgan fingerprint density at radius 1 is 1.12 bits per heavy atom. The molecule has 3 unspecified atom stereocenters. The molecule has 1 aliphatic carbocycles. The van der Waals surface area contributed by atoms with E-state index in [0.29, 0.717) is 23.5 Å². The molecular formula is C24H22F2N4O2. The number of pyridine rings is 1. The van der Waals surface area contributed by atoms with Crippen LogP contribution < -0.4 is 4.74 Å². The number of nitrogens with zero attached hydrogens (tertiary/aromatic N) is 4. The Kier molecular flexibility index (Phi) is 5.28. The molecule has 0 N–H and O–H groups in total. The Morgan fingerprint density at radius 3 is 2.69 bits per heavy atom. The van der Waals surface area contributed by atoms with Crippen LogP contribution in [0.5, 0.6) is 5.88 Å². The molecule has 2 aromatic heterocycles. The van der Waals surface area contributed by atoms with Crippen LogP contribution in [0.25, 0.3) is 11.4 Å². The topological polar surface area (TPSA) is 68.2 Å². The molecule has 0 spiro atoms. The number of hydrogen-bond acceptors (Lipinski definition) is 5. The van der Waals surface area contributed by atoms with Gasteiger partial charge in [-0.3, -0.25) is 4.79 Å². The number of halogens is 2. The second-order valence-electron chi connectivity index (χ2n) is 8.42. The third kappa shape index (κ3) is 3.81. The highest BCUT2D eigenvalue weighted by molar-refractivity contribution is 6.00. The molecule has 8 heteroatoms. The average molecular weight is 436 g/mol. The molecule has 6 nitrogen and oxygen atoms in total. The van der Waals surface area contributed by atoms with Gasteiger partial charge in [0.15, 0.2) is 11.6 Å². The minimum Gasteiger partial charge on any atom is -0.470 e. The highest BCUT2D eigenvalue weighted by Crippen LogP contribution is 2.39. The van der Waals surface area contributed by atoms with Crippen LogP contribution in [-0.2, 0) is 0 Å². The number of carbonyl (C=O) groups excluding carboxylic acids is 1. The van der Waals surface area contributed by atoms with E-state index in [-0.39, 0.29) is 35.4 Å². The highest BCUT2D eigenvalue weighted by Gasteiger charge is 2.45. The second-order valence-corrected chi connectivity index (χ2v) is 8.42. The van der Waals surface area contributed by atoms with Crippen LogP contribution in [0.1, 0.15) is 35.2 Å². The summed E-state index contributed by atoms with van der Waals surface area (Å²) in [5.74, 6) is -0.784. The van der Waals surface area contributed by atoms with Crippen molar-refractivity contribution in [1.29, 1.82) is 0 Å². The lowest BCUT2D eigenvalue weighted by atomic mass is 9.77. The van der Waals surface area contributed by atoms with Gasteiger partial charge in [0.2, 0.25) is 0 Å². The fourth-order valence-corrected chi connectivity index (χ4v) is 4.72. The first-order valence-corrected chi connectivity index (χ1v) is 10.7. The molecule has 1 aromatic carbocycles. The summed E-state index contributed by atoms with van der Waals surface area (Å²) < 4.78 is 34.4. The summed E-state index contributed by atoms with van der Waals surface area (Å²) in [6.45, 7) is 2.31. The fraction of sp³-hybridized carbons (Fsp3) is 0.333. The number of carbonyl (C=O) groups is 1. The molecule has 4 heterocycles. The minimum atomic E-state index is -0.516. The Morgan fingerprint density at radius 2 is 1.94 bits per heavy atom. The molecule has 2 bridgehead atoms. The van der Waals surface area contributed by atoms with Crippen molar-refractivity contribution in [3.05, 3.63) is 71.7 Å². The van der Waals surface area contributed by atoms with Crippen LogP contribution in [0.2, 0.25) is 0 Å². The molecule has 32 heavy (non-hydrogen) atoms. The molecule has 6 rings (SSSR count). The van der Waals surface area contributed by atoms with Gasteiger partial charge in [-0.05, 0) is 68.0 Å². The van der Waals surface area contributed by atoms with Gasteiger partial charge in [0.1, 0.15) is 11.9 Å². The number of ether oxygens (including phenoxy) is 1. The van der Waals surface area contributed by atoms with Gasteiger partial charge in [0.05, 0.1) is 11.6 Å². The number of benzene rings is 1. The summed E-state index contributed by atoms with van der Waals surface area (Å²) in [6.07, 6.45) is 6.77. The van der Waals surface area contributed by atoms with Crippen molar-refractivity contribution < 1.29 is 18.3 Å². The first-order chi connectivity index (χ1) is 15.5. The summed E-state index contributed by atoms with van der Waals surface area (Å²) in [6, 6.07) is 6.86. The van der Waals surface area contributed by atoms with E-state index in [1.807, 2.05) is 0 Å². The van der Waals surface area contributed by atoms with Crippen molar-refractivity contribution in [3.63, 3.8) is 0 Å². The van der Waals surface area contributed by atoms with E-state index < -0.39 is 11.6 Å². The van der Waals surface area contributed by atoms with Crippen molar-refractivity contribution in [2.75, 3.05) is 6.54 Å². The maximum absolute atomic E-state index is 14.3. The number of aryl methyl sites for hydroxylation is 1. The Labute approximate surface area is 184 Å². The zero-order valence-electron chi connectivity index (χ0n) is 17.5. The Balaban J connectivity index is 1.45. The predicted molar refractivity (Wildman–Crippen MR) is 113 cm³/mol. The number of amides is 1. The van der Waals surface area contributed by atoms with Crippen molar-refractivity contribution in [1.82, 2.24) is 19.9 Å². The van der Waals surface area contributed by atoms with Crippen molar-refractivity contribution >= 4 is 5.91 Å². The Bertz CT molecular complexity index is 1160. The van der Waals surface area contributed by atoms with E-state index in [9.17, 15) is 13.6 Å². The molecule has 0 radical (unpaired) electrons. The normalized spacial score (nSPS) is 22.1. The van der Waals surface area contributed by atoms with Crippen molar-refractivity contribution in [2.45, 2.75) is 38.3 Å². The molecule has 3 aliphatic rings. The van der Waals surface area contributed by atoms with Crippen molar-refractivity contribution in [2.24, 2.45) is 5.92 Å². The fourth-order valence-electron chi connectivity index (χ4n) is 4.72. The standard InChI is InChI=1S/C24H22F2N4O2/c1-14-9-19(26)23(29-12-14)32-21-10-15-3-6-20(21)30(13-15)24(31)18-11-16(25)4-5-17(18)22-27-7-2-8-28-22/h2,4-5,7-9,11-12,15,20-21H,3,6,10,13H2,1H3. The van der Waals surface area contributed by atoms with Gasteiger partial charge in [-0.15, -0.1) is 0 Å². The predicted octanol–water partition coefficient (Wildman–Crippen LogP) is 4.20. The molecule has 2 saturated heterocycles. The number of fused-ring (bicyclic) bond motifs is 3. The molecule has 1 saturated carbocycles. The van der Waals surface area contributed by atoms with E-state index >= 15 is 0 Å². The molecule has 1 amide bonds. The van der Waals surface area contributed by atoms with E-state index in [0.717, 1.165) is 19.3 Å². The Hall–Kier alpha value is -3.42. The number of rotatable bonds is 4. The third-order valence-corrected chi connectivity index (χ3v) is 6.21. The van der Waals surface area contributed by atoms with E-state index in [1.165, 1.54) is 24.3 Å². The zero-order valence-corrected chi connectivity index (χ0v) is 17.5. The van der Waals surface area contributed by atoms with Gasteiger partial charge in [-0.2, -0.15) is 0 Å². The lowest BCUT2D eigenvalue weighted by Crippen LogP contribution is -2.59. The summed E-state index contributed by atoms with van der Waals surface area (Å²) in [5, 5.41) is 0. The molecule has 3 atom stereocenters. The van der Waals surface area contributed by atoms with Crippen LogP contribution in [0, 0.1) is 24.5 Å². The summed E-state index contributed by atoms with van der Waals surface area (Å²) in [4.78, 5) is 27.9. The molecule has 3 fully saturated rings. The first-order valence-electron chi connectivity index (χ1n) is 10.7. The minimum absolute atomic E-state index is 0.0512. The SMILES string of the molecule is Cc1cnc(OC2CC3CCC2N(C(=O)c2cc(F)ccc2-c2ncccn2)C3)c(F)c1. The number of piperidine rings is 2. The van der Waals surface area contributed by atoms with Crippen LogP contribution >= 0.6 is 0 Å². The van der Waals surface area contributed by atoms with E-state index in [4.69, 9.17) is 4.74 Å². The summed E-state index contributed by atoms with van der Waals surface area (Å²) in [5.41, 5.74) is 1.39. The lowest BCUT2D eigenvalue weighted by molar-refractivity contribution is -0.0326. The maximum atomic E-state index is 14.3. The number of aromatic nitrogens is 3. The first kappa shape index (κ1) is 20.5. The van der Waals surface area contributed by atoms with Gasteiger partial charge in [0, 0.05) is 30.7 Å². The van der Waals surface area contributed by atoms with Crippen LogP contribution in [-0.4, -0.2) is 44.4 Å². The van der Waals surface area contributed by atoms with E-state index in [2.05, 4.69) is 15.0 Å². The van der Waals surface area contributed by atoms with Gasteiger partial charge in [-0.25, -0.2) is 23.7 Å². The average Bonchev–Trinajstić information content (AvgIpc) is 2.81. The highest BCUT2D eigenvalue weighted by atomic mass is 19.1. The molecule has 164 valence electrons. The van der Waals surface area contributed by atoms with Gasteiger partial charge >= 0.3 is 0 Å². The summed E-state index contributed by atoms with van der Waals surface area (Å²) in [7, 11) is 0. The van der Waals surface area contributed by atoms with Crippen LogP contribution in [0.3, 0.4) is 0 Å². The quantitative estimate of drug-likeness (QED) is 0.613. The monoisotopic (exact) mass is 436 g/mol. The maximum Gasteiger partial charge on any atom is 0.255 e. The smallest absolute Gasteiger partial charge is 0.255 e. The van der Waals surface area contributed by atoms with Crippen LogP contribution in [0.4, 0.5) is 8.78 Å². The molecule has 2 aliphatic heterocycles. The third-order valence-electron chi connectivity index (χ3n) is 6.21. The van der Waals surface area contributed by atoms with Crippen molar-refractivity contribution in [3.8, 4) is 17.3 Å². The zero-order chi connectivity index (χ0) is 22.2. The lowest BCUT2D eigenvalue weighted by Gasteiger charge is -2.49. The second kappa shape index (κ2) is 8.26. The van der Waals surface area contributed by atoms with E-state index in [1.54, 1.807) is 36.5 Å². The van der Waals surface area contributed by atoms with Gasteiger partial charge in [0.25, 0.3) is 11.8 Å². The largest absolute Gasteiger partial charge is 0.470 e. The molecular weight excluding hydrogens is 414 g/mol. The summed E-state index contributed by atoms with van der Waals surface area (Å²) >= 11 is 0.